The van der Waals surface area contributed by atoms with Crippen molar-refractivity contribution >= 4 is 23.3 Å². The number of ketones is 1. The smallest absolute Gasteiger partial charge is 0.340 e. The number of Topliss-reactive ketones (excluding diaryl/α,β-unsaturated/α-hetero) is 1. The van der Waals surface area contributed by atoms with Crippen molar-refractivity contribution in [3.8, 4) is 0 Å². The summed E-state index contributed by atoms with van der Waals surface area (Å²) in [4.78, 5) is 21.7. The Morgan fingerprint density at radius 3 is 2.00 bits per heavy atom. The van der Waals surface area contributed by atoms with Gasteiger partial charge in [-0.2, -0.15) is 22.0 Å². The second-order valence-corrected chi connectivity index (χ2v) is 3.49. The fraction of sp³-hybridized carbons (Fsp3) is 0.750. The maximum Gasteiger partial charge on any atom is 0.463 e. The fourth-order valence-electron chi connectivity index (χ4n) is 0.822. The summed E-state index contributed by atoms with van der Waals surface area (Å²) in [5, 5.41) is 0. The number of alkyl halides is 6. The van der Waals surface area contributed by atoms with Gasteiger partial charge in [-0.05, 0) is 0 Å². The van der Waals surface area contributed by atoms with Crippen LogP contribution in [-0.2, 0) is 9.59 Å². The van der Waals surface area contributed by atoms with Crippen LogP contribution in [-0.4, -0.2) is 48.2 Å². The molecule has 9 heteroatoms. The van der Waals surface area contributed by atoms with Crippen LogP contribution >= 0.6 is 11.6 Å². The van der Waals surface area contributed by atoms with E-state index in [0.717, 1.165) is 7.05 Å². The van der Waals surface area contributed by atoms with Crippen molar-refractivity contribution in [3.63, 3.8) is 0 Å². The number of carbonyl (C=O) groups is 2. The lowest BCUT2D eigenvalue weighted by molar-refractivity contribution is -0.273. The Balaban J connectivity index is 4.56. The third-order valence-corrected chi connectivity index (χ3v) is 2.14. The molecule has 0 radical (unpaired) electrons. The summed E-state index contributed by atoms with van der Waals surface area (Å²) in [6, 6.07) is 0. The van der Waals surface area contributed by atoms with Crippen molar-refractivity contribution in [3.05, 3.63) is 0 Å². The number of hydrogen-bond acceptors (Lipinski definition) is 2. The summed E-state index contributed by atoms with van der Waals surface area (Å²) in [6.07, 6.45) is -6.32. The Hall–Kier alpha value is -0.920. The number of nitrogens with zero attached hydrogens (tertiary/aromatic N) is 1. The summed E-state index contributed by atoms with van der Waals surface area (Å²) in [6.45, 7) is -0.546. The lowest BCUT2D eigenvalue weighted by atomic mass is 10.2. The zero-order chi connectivity index (χ0) is 13.9. The maximum atomic E-state index is 12.6. The monoisotopic (exact) mass is 281 g/mol. The van der Waals surface area contributed by atoms with Gasteiger partial charge >= 0.3 is 18.0 Å². The molecule has 0 aliphatic heterocycles. The summed E-state index contributed by atoms with van der Waals surface area (Å²) < 4.78 is 60.6. The van der Waals surface area contributed by atoms with E-state index in [1.807, 2.05) is 0 Å². The highest BCUT2D eigenvalue weighted by atomic mass is 35.5. The lowest BCUT2D eigenvalue weighted by Crippen LogP contribution is -2.51. The number of rotatable bonds is 5. The SMILES string of the molecule is CN(CCC(=O)CCl)C(=O)C(F)(F)C(F)(F)F. The van der Waals surface area contributed by atoms with Crippen LogP contribution in [0.4, 0.5) is 22.0 Å². The number of amides is 1. The van der Waals surface area contributed by atoms with Crippen LogP contribution in [0.15, 0.2) is 0 Å². The Kier molecular flexibility index (Phi) is 5.31. The van der Waals surface area contributed by atoms with E-state index >= 15 is 0 Å². The largest absolute Gasteiger partial charge is 0.463 e. The van der Waals surface area contributed by atoms with Gasteiger partial charge in [0.25, 0.3) is 0 Å². The van der Waals surface area contributed by atoms with E-state index in [9.17, 15) is 31.5 Å². The molecule has 0 spiro atoms. The van der Waals surface area contributed by atoms with E-state index in [1.54, 1.807) is 0 Å². The topological polar surface area (TPSA) is 37.4 Å². The summed E-state index contributed by atoms with van der Waals surface area (Å²) in [5.41, 5.74) is 0. The first-order valence-corrected chi connectivity index (χ1v) is 4.85. The minimum Gasteiger partial charge on any atom is -0.340 e. The molecule has 3 nitrogen and oxygen atoms in total. The normalized spacial score (nSPS) is 12.4. The summed E-state index contributed by atoms with van der Waals surface area (Å²) in [7, 11) is 0.753. The highest BCUT2D eigenvalue weighted by molar-refractivity contribution is 6.27. The Morgan fingerprint density at radius 1 is 1.18 bits per heavy atom. The van der Waals surface area contributed by atoms with Gasteiger partial charge in [-0.1, -0.05) is 0 Å². The molecule has 0 aliphatic rings. The van der Waals surface area contributed by atoms with E-state index in [1.165, 1.54) is 0 Å². The molecule has 0 saturated carbocycles. The van der Waals surface area contributed by atoms with Crippen LogP contribution in [0.1, 0.15) is 6.42 Å². The standard InChI is InChI=1S/C8H9ClF5NO2/c1-15(3-2-5(16)4-9)6(17)7(10,11)8(12,13)14/h2-4H2,1H3. The minimum atomic E-state index is -5.95. The molecule has 0 atom stereocenters. The van der Waals surface area contributed by atoms with Crippen LogP contribution in [0.2, 0.25) is 0 Å². The summed E-state index contributed by atoms with van der Waals surface area (Å²) >= 11 is 5.10. The molecule has 0 saturated heterocycles. The molecule has 0 aromatic carbocycles. The van der Waals surface area contributed by atoms with Crippen molar-refractivity contribution in [2.75, 3.05) is 19.5 Å². The van der Waals surface area contributed by atoms with Gasteiger partial charge in [-0.25, -0.2) is 0 Å². The van der Waals surface area contributed by atoms with Gasteiger partial charge in [0.15, 0.2) is 0 Å². The van der Waals surface area contributed by atoms with Crippen molar-refractivity contribution in [2.45, 2.75) is 18.5 Å². The molecule has 0 aromatic heterocycles. The predicted molar refractivity (Wildman–Crippen MR) is 49.0 cm³/mol. The van der Waals surface area contributed by atoms with Crippen LogP contribution in [0.25, 0.3) is 0 Å². The van der Waals surface area contributed by atoms with Gasteiger partial charge in [0, 0.05) is 20.0 Å². The van der Waals surface area contributed by atoms with Gasteiger partial charge in [0.05, 0.1) is 5.88 Å². The second kappa shape index (κ2) is 5.61. The molecular weight excluding hydrogens is 273 g/mol. The molecule has 0 heterocycles. The molecule has 0 N–H and O–H groups in total. The zero-order valence-corrected chi connectivity index (χ0v) is 9.41. The van der Waals surface area contributed by atoms with E-state index in [-0.39, 0.29) is 11.3 Å². The quantitative estimate of drug-likeness (QED) is 0.570. The van der Waals surface area contributed by atoms with Crippen molar-refractivity contribution in [2.24, 2.45) is 0 Å². The van der Waals surface area contributed by atoms with Crippen LogP contribution in [0, 0.1) is 0 Å². The molecule has 0 fully saturated rings. The molecule has 100 valence electrons. The molecule has 1 amide bonds. The van der Waals surface area contributed by atoms with Gasteiger partial charge in [-0.15, -0.1) is 11.6 Å². The first-order chi connectivity index (χ1) is 7.54. The molecular formula is C8H9ClF5NO2. The summed E-state index contributed by atoms with van der Waals surface area (Å²) in [5.74, 6) is -8.79. The third kappa shape index (κ3) is 4.10. The first-order valence-electron chi connectivity index (χ1n) is 4.31. The first kappa shape index (κ1) is 16.1. The van der Waals surface area contributed by atoms with Crippen molar-refractivity contribution in [1.29, 1.82) is 0 Å². The molecule has 0 unspecified atom stereocenters. The zero-order valence-electron chi connectivity index (χ0n) is 8.65. The molecule has 17 heavy (non-hydrogen) atoms. The van der Waals surface area contributed by atoms with Crippen LogP contribution < -0.4 is 0 Å². The van der Waals surface area contributed by atoms with Gasteiger partial charge in [-0.3, -0.25) is 9.59 Å². The number of hydrogen-bond donors (Lipinski definition) is 0. The molecule has 0 rings (SSSR count). The van der Waals surface area contributed by atoms with E-state index in [4.69, 9.17) is 11.6 Å². The molecule has 0 bridgehead atoms. The fourth-order valence-corrected chi connectivity index (χ4v) is 0.955. The maximum absolute atomic E-state index is 12.6. The van der Waals surface area contributed by atoms with Crippen molar-refractivity contribution < 1.29 is 31.5 Å². The average Bonchev–Trinajstić information content (AvgIpc) is 2.22. The Labute approximate surface area is 98.5 Å². The minimum absolute atomic E-state index is 0.151. The highest BCUT2D eigenvalue weighted by Crippen LogP contribution is 2.36. The van der Waals surface area contributed by atoms with E-state index in [0.29, 0.717) is 0 Å². The number of carbonyl (C=O) groups excluding carboxylic acids is 2. The third-order valence-electron chi connectivity index (χ3n) is 1.85. The predicted octanol–water partition coefficient (Wildman–Crippen LogP) is 1.84. The van der Waals surface area contributed by atoms with E-state index in [2.05, 4.69) is 0 Å². The number of halogens is 6. The lowest BCUT2D eigenvalue weighted by Gasteiger charge is -2.24. The average molecular weight is 282 g/mol. The van der Waals surface area contributed by atoms with Gasteiger partial charge in [0.2, 0.25) is 0 Å². The second-order valence-electron chi connectivity index (χ2n) is 3.22. The van der Waals surface area contributed by atoms with E-state index < -0.39 is 36.2 Å². The van der Waals surface area contributed by atoms with Crippen LogP contribution in [0.5, 0.6) is 0 Å². The van der Waals surface area contributed by atoms with Crippen molar-refractivity contribution in [1.82, 2.24) is 4.90 Å². The van der Waals surface area contributed by atoms with Gasteiger partial charge in [0.1, 0.15) is 5.78 Å². The molecule has 0 aliphatic carbocycles. The Bertz CT molecular complexity index is 305. The highest BCUT2D eigenvalue weighted by Gasteiger charge is 2.64. The van der Waals surface area contributed by atoms with Crippen LogP contribution in [0.3, 0.4) is 0 Å². The van der Waals surface area contributed by atoms with Gasteiger partial charge < -0.3 is 4.90 Å². The Morgan fingerprint density at radius 2 is 1.65 bits per heavy atom. The molecule has 0 aromatic rings.